The Bertz CT molecular complexity index is 420. The largest absolute Gasteiger partial charge is 0.395 e. The highest BCUT2D eigenvalue weighted by atomic mass is 19.4. The highest BCUT2D eigenvalue weighted by Crippen LogP contribution is 2.38. The predicted molar refractivity (Wildman–Crippen MR) is 57.1 cm³/mol. The van der Waals surface area contributed by atoms with Crippen molar-refractivity contribution in [2.75, 3.05) is 0 Å². The molecule has 17 heavy (non-hydrogen) atoms. The summed E-state index contributed by atoms with van der Waals surface area (Å²) in [7, 11) is 0. The SMILES string of the molecule is Fc1cccc(C2C=CC(C(F)(F)F)CC2)c1. The van der Waals surface area contributed by atoms with Crippen LogP contribution in [0.25, 0.3) is 0 Å². The molecule has 92 valence electrons. The summed E-state index contributed by atoms with van der Waals surface area (Å²) in [4.78, 5) is 0. The van der Waals surface area contributed by atoms with Crippen molar-refractivity contribution in [1.29, 1.82) is 0 Å². The van der Waals surface area contributed by atoms with Gasteiger partial charge in [-0.25, -0.2) is 4.39 Å². The van der Waals surface area contributed by atoms with Crippen LogP contribution < -0.4 is 0 Å². The van der Waals surface area contributed by atoms with Gasteiger partial charge in [-0.3, -0.25) is 0 Å². The minimum Gasteiger partial charge on any atom is -0.207 e. The third kappa shape index (κ3) is 2.87. The van der Waals surface area contributed by atoms with Gasteiger partial charge in [0.1, 0.15) is 5.82 Å². The van der Waals surface area contributed by atoms with Gasteiger partial charge in [0, 0.05) is 5.92 Å². The molecule has 0 fully saturated rings. The number of rotatable bonds is 1. The summed E-state index contributed by atoms with van der Waals surface area (Å²) in [5.41, 5.74) is 0.738. The predicted octanol–water partition coefficient (Wildman–Crippen LogP) is 4.44. The molecule has 0 saturated carbocycles. The van der Waals surface area contributed by atoms with E-state index in [1.807, 2.05) is 0 Å². The second-order valence-electron chi connectivity index (χ2n) is 4.27. The maximum Gasteiger partial charge on any atom is 0.395 e. The molecule has 0 nitrogen and oxygen atoms in total. The fraction of sp³-hybridized carbons (Fsp3) is 0.385. The van der Waals surface area contributed by atoms with Gasteiger partial charge in [0.2, 0.25) is 0 Å². The van der Waals surface area contributed by atoms with Crippen molar-refractivity contribution in [1.82, 2.24) is 0 Å². The summed E-state index contributed by atoms with van der Waals surface area (Å²) in [6.07, 6.45) is -0.954. The number of benzene rings is 1. The van der Waals surface area contributed by atoms with Crippen molar-refractivity contribution >= 4 is 0 Å². The molecular weight excluding hydrogens is 232 g/mol. The smallest absolute Gasteiger partial charge is 0.207 e. The molecule has 4 heteroatoms. The van der Waals surface area contributed by atoms with E-state index in [-0.39, 0.29) is 18.2 Å². The Kier molecular flexibility index (Phi) is 3.22. The Morgan fingerprint density at radius 1 is 1.06 bits per heavy atom. The zero-order valence-corrected chi connectivity index (χ0v) is 9.04. The lowest BCUT2D eigenvalue weighted by molar-refractivity contribution is -0.163. The molecule has 0 spiro atoms. The van der Waals surface area contributed by atoms with Gasteiger partial charge in [-0.15, -0.1) is 0 Å². The monoisotopic (exact) mass is 244 g/mol. The van der Waals surface area contributed by atoms with Crippen molar-refractivity contribution in [2.45, 2.75) is 24.9 Å². The fourth-order valence-corrected chi connectivity index (χ4v) is 2.11. The third-order valence-corrected chi connectivity index (χ3v) is 3.06. The van der Waals surface area contributed by atoms with Crippen LogP contribution in [0.15, 0.2) is 36.4 Å². The summed E-state index contributed by atoms with van der Waals surface area (Å²) in [5, 5.41) is 0. The zero-order chi connectivity index (χ0) is 12.5. The molecule has 1 aromatic rings. The first-order chi connectivity index (χ1) is 7.97. The summed E-state index contributed by atoms with van der Waals surface area (Å²) >= 11 is 0. The van der Waals surface area contributed by atoms with Crippen LogP contribution in [0.1, 0.15) is 24.3 Å². The zero-order valence-electron chi connectivity index (χ0n) is 9.04. The van der Waals surface area contributed by atoms with Gasteiger partial charge < -0.3 is 0 Å². The van der Waals surface area contributed by atoms with E-state index < -0.39 is 12.1 Å². The number of halogens is 4. The van der Waals surface area contributed by atoms with Crippen molar-refractivity contribution in [3.63, 3.8) is 0 Å². The average Bonchev–Trinajstić information content (AvgIpc) is 2.28. The average molecular weight is 244 g/mol. The minimum atomic E-state index is -4.16. The second kappa shape index (κ2) is 4.51. The van der Waals surface area contributed by atoms with Crippen molar-refractivity contribution in [3.05, 3.63) is 47.8 Å². The molecule has 0 aliphatic heterocycles. The normalized spacial score (nSPS) is 24.9. The molecule has 0 N–H and O–H groups in total. The maximum absolute atomic E-state index is 13.0. The fourth-order valence-electron chi connectivity index (χ4n) is 2.11. The minimum absolute atomic E-state index is 0.0706. The molecular formula is C13H12F4. The van der Waals surface area contributed by atoms with Crippen molar-refractivity contribution in [2.24, 2.45) is 5.92 Å². The van der Waals surface area contributed by atoms with E-state index >= 15 is 0 Å². The Balaban J connectivity index is 2.13. The topological polar surface area (TPSA) is 0 Å². The molecule has 0 bridgehead atoms. The van der Waals surface area contributed by atoms with Crippen LogP contribution in [-0.2, 0) is 0 Å². The van der Waals surface area contributed by atoms with E-state index in [1.54, 1.807) is 12.1 Å². The van der Waals surface area contributed by atoms with Gasteiger partial charge in [0.05, 0.1) is 5.92 Å². The standard InChI is InChI=1S/C13H12F4/c14-12-3-1-2-10(8-12)9-4-6-11(7-5-9)13(15,16)17/h1-4,6,8-9,11H,5,7H2. The maximum atomic E-state index is 13.0. The molecule has 1 aliphatic rings. The van der Waals surface area contributed by atoms with Crippen LogP contribution in [0.3, 0.4) is 0 Å². The molecule has 0 heterocycles. The first-order valence-corrected chi connectivity index (χ1v) is 5.47. The molecule has 1 aliphatic carbocycles. The third-order valence-electron chi connectivity index (χ3n) is 3.06. The van der Waals surface area contributed by atoms with Crippen LogP contribution >= 0.6 is 0 Å². The molecule has 0 amide bonds. The van der Waals surface area contributed by atoms with E-state index in [4.69, 9.17) is 0 Å². The quantitative estimate of drug-likeness (QED) is 0.506. The Morgan fingerprint density at radius 3 is 2.35 bits per heavy atom. The van der Waals surface area contributed by atoms with Crippen molar-refractivity contribution in [3.8, 4) is 0 Å². The molecule has 2 unspecified atom stereocenters. The first kappa shape index (κ1) is 12.1. The van der Waals surface area contributed by atoms with Gasteiger partial charge in [0.15, 0.2) is 0 Å². The number of allylic oxidation sites excluding steroid dienone is 2. The lowest BCUT2D eigenvalue weighted by Gasteiger charge is -2.24. The molecule has 0 radical (unpaired) electrons. The molecule has 1 aromatic carbocycles. The van der Waals surface area contributed by atoms with E-state index in [2.05, 4.69) is 0 Å². The van der Waals surface area contributed by atoms with E-state index in [9.17, 15) is 17.6 Å². The van der Waals surface area contributed by atoms with Gasteiger partial charge >= 0.3 is 6.18 Å². The van der Waals surface area contributed by atoms with Crippen LogP contribution in [0.5, 0.6) is 0 Å². The summed E-state index contributed by atoms with van der Waals surface area (Å²) in [5.74, 6) is -1.81. The highest BCUT2D eigenvalue weighted by molar-refractivity contribution is 5.26. The number of hydrogen-bond donors (Lipinski definition) is 0. The Labute approximate surface area is 97.0 Å². The van der Waals surface area contributed by atoms with Gasteiger partial charge in [-0.1, -0.05) is 24.3 Å². The lowest BCUT2D eigenvalue weighted by atomic mass is 9.84. The second-order valence-corrected chi connectivity index (χ2v) is 4.27. The lowest BCUT2D eigenvalue weighted by Crippen LogP contribution is -2.23. The van der Waals surface area contributed by atoms with Crippen LogP contribution in [0.4, 0.5) is 17.6 Å². The number of hydrogen-bond acceptors (Lipinski definition) is 0. The summed E-state index contributed by atoms with van der Waals surface area (Å²) < 4.78 is 50.3. The highest BCUT2D eigenvalue weighted by Gasteiger charge is 2.39. The Morgan fingerprint density at radius 2 is 1.82 bits per heavy atom. The van der Waals surface area contributed by atoms with Crippen LogP contribution in [0.2, 0.25) is 0 Å². The molecule has 0 saturated heterocycles. The van der Waals surface area contributed by atoms with E-state index in [1.165, 1.54) is 24.3 Å². The molecule has 0 aromatic heterocycles. The van der Waals surface area contributed by atoms with Crippen molar-refractivity contribution < 1.29 is 17.6 Å². The van der Waals surface area contributed by atoms with E-state index in [0.29, 0.717) is 6.42 Å². The van der Waals surface area contributed by atoms with Gasteiger partial charge in [-0.05, 0) is 30.5 Å². The number of alkyl halides is 3. The summed E-state index contributed by atoms with van der Waals surface area (Å²) in [6, 6.07) is 6.03. The Hall–Kier alpha value is -1.32. The molecule has 2 rings (SSSR count). The summed E-state index contributed by atoms with van der Waals surface area (Å²) in [6.45, 7) is 0. The van der Waals surface area contributed by atoms with E-state index in [0.717, 1.165) is 5.56 Å². The van der Waals surface area contributed by atoms with Gasteiger partial charge in [-0.2, -0.15) is 13.2 Å². The van der Waals surface area contributed by atoms with Crippen LogP contribution in [-0.4, -0.2) is 6.18 Å². The molecule has 2 atom stereocenters. The first-order valence-electron chi connectivity index (χ1n) is 5.47. The van der Waals surface area contributed by atoms with Gasteiger partial charge in [0.25, 0.3) is 0 Å². The van der Waals surface area contributed by atoms with Crippen LogP contribution in [0, 0.1) is 11.7 Å².